The van der Waals surface area contributed by atoms with E-state index in [2.05, 4.69) is 54.7 Å². The van der Waals surface area contributed by atoms with Crippen LogP contribution in [0.2, 0.25) is 0 Å². The smallest absolute Gasteiger partial charge is 0.343 e. The molecule has 0 radical (unpaired) electrons. The molecule has 5 atom stereocenters. The number of ether oxygens (including phenoxy) is 3. The summed E-state index contributed by atoms with van der Waals surface area (Å²) >= 11 is 0. The van der Waals surface area contributed by atoms with Crippen LogP contribution in [0.25, 0.3) is 0 Å². The molecule has 0 saturated heterocycles. The van der Waals surface area contributed by atoms with E-state index in [9.17, 15) is 14.4 Å². The molecule has 8 heteroatoms. The molecule has 3 aliphatic rings. The van der Waals surface area contributed by atoms with Crippen LogP contribution in [0.4, 0.5) is 0 Å². The average molecular weight is 677 g/mol. The highest BCUT2D eigenvalue weighted by Crippen LogP contribution is 2.62. The normalized spacial score (nSPS) is 27.7. The average Bonchev–Trinajstić information content (AvgIpc) is 3.46. The van der Waals surface area contributed by atoms with Gasteiger partial charge in [0.05, 0.1) is 16.7 Å². The van der Waals surface area contributed by atoms with E-state index in [0.717, 1.165) is 49.7 Å². The lowest BCUT2D eigenvalue weighted by Gasteiger charge is -2.59. The molecule has 5 rings (SSSR count). The van der Waals surface area contributed by atoms with Crippen LogP contribution in [0, 0.1) is 22.7 Å². The minimum absolute atomic E-state index is 0.00198. The quantitative estimate of drug-likeness (QED) is 0.0951. The van der Waals surface area contributed by atoms with Gasteiger partial charge in [0.2, 0.25) is 0 Å². The topological polar surface area (TPSA) is 105 Å². The molecule has 0 amide bonds. The van der Waals surface area contributed by atoms with Gasteiger partial charge in [0.25, 0.3) is 0 Å². The molecule has 0 unspecified atom stereocenters. The van der Waals surface area contributed by atoms with Gasteiger partial charge < -0.3 is 14.2 Å². The van der Waals surface area contributed by atoms with E-state index < -0.39 is 23.5 Å². The van der Waals surface area contributed by atoms with Crippen molar-refractivity contribution < 1.29 is 28.6 Å². The van der Waals surface area contributed by atoms with Crippen molar-refractivity contribution in [2.24, 2.45) is 22.7 Å². The molecular formula is C42H48N2O6. The monoisotopic (exact) mass is 676 g/mol. The van der Waals surface area contributed by atoms with Crippen molar-refractivity contribution in [2.45, 2.75) is 78.7 Å². The summed E-state index contributed by atoms with van der Waals surface area (Å²) in [7, 11) is 0. The molecule has 262 valence electrons. The molecule has 2 saturated carbocycles. The van der Waals surface area contributed by atoms with Gasteiger partial charge in [0, 0.05) is 36.1 Å². The van der Waals surface area contributed by atoms with Gasteiger partial charge in [-0.15, -0.1) is 0 Å². The first kappa shape index (κ1) is 36.4. The van der Waals surface area contributed by atoms with E-state index >= 15 is 0 Å². The first-order chi connectivity index (χ1) is 24.0. The summed E-state index contributed by atoms with van der Waals surface area (Å²) in [5.41, 5.74) is 2.32. The third kappa shape index (κ3) is 8.29. The predicted molar refractivity (Wildman–Crippen MR) is 193 cm³/mol. The number of carbonyl (C=O) groups excluding carboxylic acids is 3. The number of pyridine rings is 2. The van der Waals surface area contributed by atoms with Crippen LogP contribution in [0.1, 0.15) is 93.4 Å². The zero-order valence-electron chi connectivity index (χ0n) is 29.6. The molecular weight excluding hydrogens is 628 g/mol. The van der Waals surface area contributed by atoms with E-state index in [0.29, 0.717) is 28.9 Å². The minimum Gasteiger partial charge on any atom is -0.461 e. The van der Waals surface area contributed by atoms with E-state index in [4.69, 9.17) is 14.2 Å². The van der Waals surface area contributed by atoms with Crippen molar-refractivity contribution >= 4 is 17.9 Å². The Morgan fingerprint density at radius 1 is 1.06 bits per heavy atom. The van der Waals surface area contributed by atoms with Crippen LogP contribution in [0.3, 0.4) is 0 Å². The lowest BCUT2D eigenvalue weighted by molar-refractivity contribution is -0.150. The van der Waals surface area contributed by atoms with Crippen LogP contribution < -0.4 is 0 Å². The second kappa shape index (κ2) is 16.2. The first-order valence-electron chi connectivity index (χ1n) is 17.5. The van der Waals surface area contributed by atoms with E-state index in [1.807, 2.05) is 26.0 Å². The SMILES string of the molecule is C=C1CC[C@@H]2[C@](C)(COC(=O)c3cccnc3)[C@H](OC(=O)c3cccnc3)CC[C@@]2(C)[C@@H]1/C=C/C1=CC(=C\C(C)=C\CCC/C=C\C)/OC1=O. The third-order valence-corrected chi connectivity index (χ3v) is 10.6. The number of hydrogen-bond acceptors (Lipinski definition) is 8. The van der Waals surface area contributed by atoms with Gasteiger partial charge in [-0.25, -0.2) is 14.4 Å². The lowest BCUT2D eigenvalue weighted by atomic mass is 9.46. The number of fused-ring (bicyclic) bond motifs is 1. The Morgan fingerprint density at radius 3 is 2.46 bits per heavy atom. The summed E-state index contributed by atoms with van der Waals surface area (Å²) in [5, 5.41) is 0. The molecule has 0 N–H and O–H groups in total. The molecule has 2 aromatic heterocycles. The number of hydrogen-bond donors (Lipinski definition) is 0. The van der Waals surface area contributed by atoms with Gasteiger partial charge in [-0.3, -0.25) is 9.97 Å². The summed E-state index contributed by atoms with van der Waals surface area (Å²) < 4.78 is 17.8. The summed E-state index contributed by atoms with van der Waals surface area (Å²) in [6, 6.07) is 6.74. The van der Waals surface area contributed by atoms with Gasteiger partial charge in [-0.1, -0.05) is 62.0 Å². The summed E-state index contributed by atoms with van der Waals surface area (Å²) in [6.07, 6.45) is 25.6. The van der Waals surface area contributed by atoms with Crippen LogP contribution in [0.15, 0.2) is 121 Å². The zero-order valence-corrected chi connectivity index (χ0v) is 29.6. The molecule has 8 nitrogen and oxygen atoms in total. The Labute approximate surface area is 295 Å². The van der Waals surface area contributed by atoms with E-state index in [1.54, 1.807) is 42.7 Å². The van der Waals surface area contributed by atoms with Crippen LogP contribution in [-0.4, -0.2) is 40.6 Å². The maximum atomic E-state index is 13.3. The number of allylic oxidation sites excluding steroid dienone is 8. The number of cyclic esters (lactones) is 1. The number of nitrogens with zero attached hydrogens (tertiary/aromatic N) is 2. The molecule has 3 heterocycles. The van der Waals surface area contributed by atoms with Crippen LogP contribution >= 0.6 is 0 Å². The van der Waals surface area contributed by atoms with Gasteiger partial charge in [0.15, 0.2) is 0 Å². The minimum atomic E-state index is -0.715. The van der Waals surface area contributed by atoms with E-state index in [-0.39, 0.29) is 29.8 Å². The fourth-order valence-corrected chi connectivity index (χ4v) is 7.93. The Morgan fingerprint density at radius 2 is 1.78 bits per heavy atom. The molecule has 2 fully saturated rings. The molecule has 0 aromatic carbocycles. The summed E-state index contributed by atoms with van der Waals surface area (Å²) in [5.74, 6) is -0.850. The van der Waals surface area contributed by atoms with Gasteiger partial charge in [-0.2, -0.15) is 0 Å². The maximum absolute atomic E-state index is 13.3. The Hall–Kier alpha value is -4.85. The Balaban J connectivity index is 1.38. The maximum Gasteiger partial charge on any atom is 0.343 e. The standard InChI is InChI=1S/C42H48N2O6/c1-6-7-8-9-10-13-29(2)24-34-25-31(39(46)49-34)17-18-35-30(3)16-19-36-41(35,4)21-20-37(50-40(47)33-15-12-23-44-27-33)42(36,5)28-48-38(45)32-14-11-22-43-26-32/h6-7,11-15,17-18,22-27,35-37H,3,8-10,16,19-21,28H2,1-2,4-5H3/b7-6-,18-17+,29-13+,34-24+/t35-,36+,37-,41+,42+/m1/s1. The van der Waals surface area contributed by atoms with Crippen molar-refractivity contribution in [1.29, 1.82) is 0 Å². The number of aromatic nitrogens is 2. The fourth-order valence-electron chi connectivity index (χ4n) is 7.93. The first-order valence-corrected chi connectivity index (χ1v) is 17.5. The fraction of sp³-hybridized carbons (Fsp3) is 0.405. The number of rotatable bonds is 12. The Kier molecular flexibility index (Phi) is 11.8. The molecule has 50 heavy (non-hydrogen) atoms. The van der Waals surface area contributed by atoms with Crippen molar-refractivity contribution in [3.63, 3.8) is 0 Å². The van der Waals surface area contributed by atoms with Crippen molar-refractivity contribution in [1.82, 2.24) is 9.97 Å². The van der Waals surface area contributed by atoms with E-state index in [1.165, 1.54) is 12.4 Å². The molecule has 1 aliphatic heterocycles. The highest BCUT2D eigenvalue weighted by atomic mass is 16.6. The van der Waals surface area contributed by atoms with Crippen molar-refractivity contribution in [2.75, 3.05) is 6.61 Å². The van der Waals surface area contributed by atoms with Gasteiger partial charge in [0.1, 0.15) is 18.5 Å². The predicted octanol–water partition coefficient (Wildman–Crippen LogP) is 8.86. The highest BCUT2D eigenvalue weighted by molar-refractivity contribution is 5.95. The number of carbonyl (C=O) groups is 3. The second-order valence-corrected chi connectivity index (χ2v) is 14.1. The lowest BCUT2D eigenvalue weighted by Crippen LogP contribution is -2.58. The van der Waals surface area contributed by atoms with Crippen LogP contribution in [-0.2, 0) is 19.0 Å². The van der Waals surface area contributed by atoms with Crippen molar-refractivity contribution in [3.8, 4) is 0 Å². The largest absolute Gasteiger partial charge is 0.461 e. The molecule has 0 bridgehead atoms. The molecule has 0 spiro atoms. The van der Waals surface area contributed by atoms with Crippen molar-refractivity contribution in [3.05, 3.63) is 132 Å². The van der Waals surface area contributed by atoms with Crippen LogP contribution in [0.5, 0.6) is 0 Å². The van der Waals surface area contributed by atoms with Gasteiger partial charge >= 0.3 is 17.9 Å². The number of esters is 3. The Bertz CT molecular complexity index is 1720. The zero-order chi connectivity index (χ0) is 35.7. The second-order valence-electron chi connectivity index (χ2n) is 14.1. The number of unbranched alkanes of at least 4 members (excludes halogenated alkanes) is 2. The molecule has 2 aromatic rings. The summed E-state index contributed by atoms with van der Waals surface area (Å²) in [6.45, 7) is 12.9. The highest BCUT2D eigenvalue weighted by Gasteiger charge is 2.59. The third-order valence-electron chi connectivity index (χ3n) is 10.6. The van der Waals surface area contributed by atoms with Gasteiger partial charge in [-0.05, 0) is 107 Å². The summed E-state index contributed by atoms with van der Waals surface area (Å²) in [4.78, 5) is 47.5. The molecule has 2 aliphatic carbocycles.